The topological polar surface area (TPSA) is 66.4 Å². The first kappa shape index (κ1) is 15.3. The Morgan fingerprint density at radius 3 is 2.05 bits per heavy atom. The highest BCUT2D eigenvalue weighted by molar-refractivity contribution is 5.85. The smallest absolute Gasteiger partial charge is 0.307 e. The summed E-state index contributed by atoms with van der Waals surface area (Å²) >= 11 is 0. The van der Waals surface area contributed by atoms with E-state index in [0.29, 0.717) is 31.2 Å². The monoisotopic (exact) mass is 281 g/mol. The molecular weight excluding hydrogens is 254 g/mol. The van der Waals surface area contributed by atoms with Crippen molar-refractivity contribution in [3.05, 3.63) is 0 Å². The van der Waals surface area contributed by atoms with Crippen LogP contribution in [0.2, 0.25) is 0 Å². The molecule has 3 atom stereocenters. The summed E-state index contributed by atoms with van der Waals surface area (Å²) in [6, 6.07) is 0. The molecule has 0 radical (unpaired) electrons. The average molecular weight is 281 g/mol. The highest BCUT2D eigenvalue weighted by Gasteiger charge is 2.64. The van der Waals surface area contributed by atoms with E-state index >= 15 is 0 Å². The maximum absolute atomic E-state index is 12.3. The number of rotatable bonds is 4. The van der Waals surface area contributed by atoms with Crippen LogP contribution in [0.3, 0.4) is 0 Å². The van der Waals surface area contributed by atoms with Crippen LogP contribution >= 0.6 is 0 Å². The van der Waals surface area contributed by atoms with E-state index in [0.717, 1.165) is 0 Å². The molecule has 2 N–H and O–H groups in total. The maximum Gasteiger partial charge on any atom is 0.307 e. The second kappa shape index (κ2) is 4.74. The van der Waals surface area contributed by atoms with E-state index in [9.17, 15) is 14.7 Å². The minimum absolute atomic E-state index is 0.0692. The van der Waals surface area contributed by atoms with Crippen molar-refractivity contribution in [3.63, 3.8) is 0 Å². The van der Waals surface area contributed by atoms with Gasteiger partial charge in [0, 0.05) is 6.54 Å². The third-order valence-corrected chi connectivity index (χ3v) is 6.25. The molecule has 4 nitrogen and oxygen atoms in total. The van der Waals surface area contributed by atoms with Crippen LogP contribution in [0.4, 0.5) is 0 Å². The van der Waals surface area contributed by atoms with Crippen LogP contribution in [0.1, 0.15) is 47.5 Å². The number of hydrogen-bond acceptors (Lipinski definition) is 2. The lowest BCUT2D eigenvalue weighted by Gasteiger charge is -2.16. The fourth-order valence-corrected chi connectivity index (χ4v) is 4.03. The largest absolute Gasteiger partial charge is 0.481 e. The maximum atomic E-state index is 12.3. The van der Waals surface area contributed by atoms with E-state index in [1.54, 1.807) is 0 Å². The van der Waals surface area contributed by atoms with Crippen molar-refractivity contribution in [3.8, 4) is 0 Å². The van der Waals surface area contributed by atoms with Gasteiger partial charge in [0.05, 0.1) is 11.8 Å². The van der Waals surface area contributed by atoms with Crippen LogP contribution in [-0.4, -0.2) is 23.5 Å². The van der Waals surface area contributed by atoms with Gasteiger partial charge in [0.2, 0.25) is 5.91 Å². The lowest BCUT2D eigenvalue weighted by molar-refractivity contribution is -0.146. The van der Waals surface area contributed by atoms with E-state index in [4.69, 9.17) is 0 Å². The Morgan fingerprint density at radius 2 is 1.60 bits per heavy atom. The zero-order valence-electron chi connectivity index (χ0n) is 13.2. The van der Waals surface area contributed by atoms with Crippen molar-refractivity contribution in [2.75, 3.05) is 6.54 Å². The lowest BCUT2D eigenvalue weighted by atomic mass is 9.95. The highest BCUT2D eigenvalue weighted by Crippen LogP contribution is 2.67. The first-order valence-corrected chi connectivity index (χ1v) is 7.59. The Kier molecular flexibility index (Phi) is 3.64. The molecule has 1 unspecified atom stereocenters. The standard InChI is InChI=1S/C16H27NO3/c1-9-6-10(11(7-9)14(19)20)13(18)17-8-12-15(2,3)16(12,4)5/h9-12H,6-8H2,1-5H3,(H,17,18)(H,19,20)/t9?,10-,11+/m0/s1. The minimum Gasteiger partial charge on any atom is -0.481 e. The van der Waals surface area contributed by atoms with E-state index in [-0.39, 0.29) is 22.7 Å². The normalized spacial score (nSPS) is 34.8. The van der Waals surface area contributed by atoms with Crippen LogP contribution in [-0.2, 0) is 9.59 Å². The summed E-state index contributed by atoms with van der Waals surface area (Å²) in [6.07, 6.45) is 1.31. The summed E-state index contributed by atoms with van der Waals surface area (Å²) < 4.78 is 0. The van der Waals surface area contributed by atoms with Gasteiger partial charge in [-0.3, -0.25) is 9.59 Å². The van der Waals surface area contributed by atoms with Crippen LogP contribution in [0.25, 0.3) is 0 Å². The molecule has 0 bridgehead atoms. The second-order valence-corrected chi connectivity index (χ2v) is 7.87. The summed E-state index contributed by atoms with van der Waals surface area (Å²) in [7, 11) is 0. The molecule has 114 valence electrons. The fraction of sp³-hybridized carbons (Fsp3) is 0.875. The van der Waals surface area contributed by atoms with Crippen LogP contribution in [0, 0.1) is 34.5 Å². The van der Waals surface area contributed by atoms with Gasteiger partial charge in [-0.15, -0.1) is 0 Å². The lowest BCUT2D eigenvalue weighted by Crippen LogP contribution is -2.36. The molecule has 0 heterocycles. The predicted molar refractivity (Wildman–Crippen MR) is 77.1 cm³/mol. The number of nitrogens with one attached hydrogen (secondary N) is 1. The summed E-state index contributed by atoms with van der Waals surface area (Å²) in [5.41, 5.74) is 0.491. The van der Waals surface area contributed by atoms with E-state index < -0.39 is 11.9 Å². The van der Waals surface area contributed by atoms with Gasteiger partial charge < -0.3 is 10.4 Å². The van der Waals surface area contributed by atoms with Crippen LogP contribution in [0.5, 0.6) is 0 Å². The molecule has 20 heavy (non-hydrogen) atoms. The molecule has 4 heteroatoms. The fourth-order valence-electron chi connectivity index (χ4n) is 4.03. The molecule has 0 aliphatic heterocycles. The zero-order valence-corrected chi connectivity index (χ0v) is 13.2. The summed E-state index contributed by atoms with van der Waals surface area (Å²) in [4.78, 5) is 23.5. The second-order valence-electron chi connectivity index (χ2n) is 7.87. The molecule has 2 rings (SSSR count). The molecule has 2 fully saturated rings. The molecule has 0 aromatic rings. The number of aliphatic carboxylic acids is 1. The molecule has 2 aliphatic carbocycles. The van der Waals surface area contributed by atoms with Crippen molar-refractivity contribution < 1.29 is 14.7 Å². The first-order valence-electron chi connectivity index (χ1n) is 7.59. The minimum atomic E-state index is -0.832. The molecule has 0 spiro atoms. The number of carboxylic acids is 1. The van der Waals surface area contributed by atoms with Gasteiger partial charge >= 0.3 is 5.97 Å². The van der Waals surface area contributed by atoms with Crippen LogP contribution in [0.15, 0.2) is 0 Å². The molecule has 0 saturated heterocycles. The third-order valence-electron chi connectivity index (χ3n) is 6.25. The quantitative estimate of drug-likeness (QED) is 0.832. The molecule has 0 aromatic heterocycles. The average Bonchev–Trinajstić information content (AvgIpc) is 2.65. The first-order chi connectivity index (χ1) is 9.09. The Labute approximate surface area is 121 Å². The molecule has 0 aromatic carbocycles. The summed E-state index contributed by atoms with van der Waals surface area (Å²) in [6.45, 7) is 11.6. The Morgan fingerprint density at radius 1 is 1.10 bits per heavy atom. The van der Waals surface area contributed by atoms with Crippen molar-refractivity contribution >= 4 is 11.9 Å². The van der Waals surface area contributed by atoms with E-state index in [1.165, 1.54) is 0 Å². The Bertz CT molecular complexity index is 413. The predicted octanol–water partition coefficient (Wildman–Crippen LogP) is 2.53. The Balaban J connectivity index is 1.91. The van der Waals surface area contributed by atoms with Crippen LogP contribution < -0.4 is 5.32 Å². The molecule has 1 amide bonds. The van der Waals surface area contributed by atoms with Crippen molar-refractivity contribution in [2.24, 2.45) is 34.5 Å². The van der Waals surface area contributed by atoms with Gasteiger partial charge in [-0.1, -0.05) is 34.6 Å². The van der Waals surface area contributed by atoms with Gasteiger partial charge in [0.15, 0.2) is 0 Å². The van der Waals surface area contributed by atoms with Gasteiger partial charge in [0.1, 0.15) is 0 Å². The van der Waals surface area contributed by atoms with Crippen molar-refractivity contribution in [1.82, 2.24) is 5.32 Å². The summed E-state index contributed by atoms with van der Waals surface area (Å²) in [5, 5.41) is 12.2. The van der Waals surface area contributed by atoms with Crippen molar-refractivity contribution in [2.45, 2.75) is 47.5 Å². The van der Waals surface area contributed by atoms with E-state index in [1.807, 2.05) is 6.92 Å². The van der Waals surface area contributed by atoms with Gasteiger partial charge in [0.25, 0.3) is 0 Å². The van der Waals surface area contributed by atoms with Gasteiger partial charge in [-0.05, 0) is 35.5 Å². The molecular formula is C16H27NO3. The van der Waals surface area contributed by atoms with Crippen molar-refractivity contribution in [1.29, 1.82) is 0 Å². The van der Waals surface area contributed by atoms with Gasteiger partial charge in [-0.25, -0.2) is 0 Å². The highest BCUT2D eigenvalue weighted by atomic mass is 16.4. The summed E-state index contributed by atoms with van der Waals surface area (Å²) in [5.74, 6) is -0.971. The number of carbonyl (C=O) groups excluding carboxylic acids is 1. The molecule has 2 aliphatic rings. The number of carboxylic acid groups (broad SMARTS) is 1. The van der Waals surface area contributed by atoms with E-state index in [2.05, 4.69) is 33.0 Å². The zero-order chi connectivity index (χ0) is 15.3. The van der Waals surface area contributed by atoms with Gasteiger partial charge in [-0.2, -0.15) is 0 Å². The molecule has 2 saturated carbocycles. The third kappa shape index (κ3) is 2.33. The number of hydrogen-bond donors (Lipinski definition) is 2. The number of carbonyl (C=O) groups is 2. The number of amides is 1. The Hall–Kier alpha value is -1.06. The SMILES string of the molecule is CC1C[C@H](C(=O)NCC2C(C)(C)C2(C)C)[C@H](C(=O)O)C1.